The van der Waals surface area contributed by atoms with Crippen molar-refractivity contribution in [1.29, 1.82) is 0 Å². The van der Waals surface area contributed by atoms with Crippen LogP contribution >= 0.6 is 11.8 Å². The summed E-state index contributed by atoms with van der Waals surface area (Å²) in [5.41, 5.74) is 0.318. The summed E-state index contributed by atoms with van der Waals surface area (Å²) >= 11 is 1.42. The number of halogens is 2. The van der Waals surface area contributed by atoms with Crippen molar-refractivity contribution in [3.8, 4) is 0 Å². The van der Waals surface area contributed by atoms with Crippen LogP contribution in [0.1, 0.15) is 24.9 Å². The normalized spacial score (nSPS) is 10.7. The molecule has 0 fully saturated rings. The maximum atomic E-state index is 13.9. The predicted octanol–water partition coefficient (Wildman–Crippen LogP) is 4.18. The lowest BCUT2D eigenvalue weighted by atomic mass is 10.3. The molecule has 21 heavy (non-hydrogen) atoms. The van der Waals surface area contributed by atoms with Crippen molar-refractivity contribution in [3.63, 3.8) is 0 Å². The van der Waals surface area contributed by atoms with Gasteiger partial charge >= 0.3 is 0 Å². The Labute approximate surface area is 127 Å². The van der Waals surface area contributed by atoms with E-state index in [2.05, 4.69) is 15.3 Å². The van der Waals surface area contributed by atoms with Crippen molar-refractivity contribution in [2.45, 2.75) is 30.9 Å². The van der Waals surface area contributed by atoms with Crippen molar-refractivity contribution in [1.82, 2.24) is 9.97 Å². The molecule has 0 bridgehead atoms. The predicted molar refractivity (Wildman–Crippen MR) is 81.5 cm³/mol. The number of hydrogen-bond acceptors (Lipinski definition) is 4. The first-order chi connectivity index (χ1) is 10.1. The van der Waals surface area contributed by atoms with Crippen LogP contribution in [0.25, 0.3) is 0 Å². The number of rotatable bonds is 6. The minimum absolute atomic E-state index is 0.235. The highest BCUT2D eigenvalue weighted by atomic mass is 32.2. The Hall–Kier alpha value is -1.69. The second-order valence-electron chi connectivity index (χ2n) is 4.56. The SMILES string of the molecule is CCCNc1nc(CSc2cccc(F)c2)nc(C)c1F. The lowest BCUT2D eigenvalue weighted by molar-refractivity contribution is 0.601. The highest BCUT2D eigenvalue weighted by Gasteiger charge is 2.11. The summed E-state index contributed by atoms with van der Waals surface area (Å²) in [5, 5.41) is 2.96. The highest BCUT2D eigenvalue weighted by Crippen LogP contribution is 2.23. The van der Waals surface area contributed by atoms with Gasteiger partial charge in [-0.2, -0.15) is 0 Å². The number of anilines is 1. The van der Waals surface area contributed by atoms with Crippen LogP contribution in [0.15, 0.2) is 29.2 Å². The summed E-state index contributed by atoms with van der Waals surface area (Å²) in [6, 6.07) is 6.33. The van der Waals surface area contributed by atoms with Crippen molar-refractivity contribution < 1.29 is 8.78 Å². The fraction of sp³-hybridized carbons (Fsp3) is 0.333. The fourth-order valence-electron chi connectivity index (χ4n) is 1.75. The average molecular weight is 309 g/mol. The largest absolute Gasteiger partial charge is 0.368 e. The molecule has 0 saturated carbocycles. The molecule has 3 nitrogen and oxygen atoms in total. The van der Waals surface area contributed by atoms with Gasteiger partial charge in [-0.15, -0.1) is 11.8 Å². The van der Waals surface area contributed by atoms with Gasteiger partial charge in [0.25, 0.3) is 0 Å². The van der Waals surface area contributed by atoms with Gasteiger partial charge in [0, 0.05) is 11.4 Å². The van der Waals surface area contributed by atoms with Gasteiger partial charge in [0.1, 0.15) is 11.6 Å². The van der Waals surface area contributed by atoms with Gasteiger partial charge in [-0.3, -0.25) is 0 Å². The number of hydrogen-bond donors (Lipinski definition) is 1. The Morgan fingerprint density at radius 1 is 1.24 bits per heavy atom. The molecule has 0 unspecified atom stereocenters. The number of benzene rings is 1. The molecule has 2 aromatic rings. The summed E-state index contributed by atoms with van der Waals surface area (Å²) < 4.78 is 27.0. The van der Waals surface area contributed by atoms with E-state index >= 15 is 0 Å². The minimum atomic E-state index is -0.414. The van der Waals surface area contributed by atoms with Gasteiger partial charge in [-0.25, -0.2) is 18.7 Å². The van der Waals surface area contributed by atoms with Crippen molar-refractivity contribution >= 4 is 17.6 Å². The average Bonchev–Trinajstić information content (AvgIpc) is 2.47. The van der Waals surface area contributed by atoms with E-state index in [1.807, 2.05) is 13.0 Å². The summed E-state index contributed by atoms with van der Waals surface area (Å²) in [6.07, 6.45) is 0.885. The van der Waals surface area contributed by atoms with E-state index in [1.54, 1.807) is 13.0 Å². The summed E-state index contributed by atoms with van der Waals surface area (Å²) in [4.78, 5) is 9.13. The van der Waals surface area contributed by atoms with E-state index < -0.39 is 5.82 Å². The van der Waals surface area contributed by atoms with Crippen molar-refractivity contribution in [2.24, 2.45) is 0 Å². The Morgan fingerprint density at radius 2 is 2.05 bits per heavy atom. The molecule has 0 saturated heterocycles. The molecule has 1 aromatic carbocycles. The Morgan fingerprint density at radius 3 is 2.76 bits per heavy atom. The van der Waals surface area contributed by atoms with Crippen LogP contribution in [0.3, 0.4) is 0 Å². The second-order valence-corrected chi connectivity index (χ2v) is 5.61. The van der Waals surface area contributed by atoms with Gasteiger partial charge in [0.15, 0.2) is 11.6 Å². The zero-order valence-electron chi connectivity index (χ0n) is 12.0. The molecule has 0 spiro atoms. The third-order valence-corrected chi connectivity index (χ3v) is 3.76. The number of thioether (sulfide) groups is 1. The zero-order chi connectivity index (χ0) is 15.2. The van der Waals surface area contributed by atoms with Gasteiger partial charge in [-0.05, 0) is 31.5 Å². The van der Waals surface area contributed by atoms with E-state index in [0.717, 1.165) is 11.3 Å². The highest BCUT2D eigenvalue weighted by molar-refractivity contribution is 7.98. The third kappa shape index (κ3) is 4.39. The Kier molecular flexibility index (Phi) is 5.50. The molecular formula is C15H17F2N3S. The molecule has 2 rings (SSSR count). The minimum Gasteiger partial charge on any atom is -0.368 e. The van der Waals surface area contributed by atoms with Crippen LogP contribution in [0.4, 0.5) is 14.6 Å². The van der Waals surface area contributed by atoms with Gasteiger partial charge < -0.3 is 5.32 Å². The smallest absolute Gasteiger partial charge is 0.186 e. The number of nitrogens with zero attached hydrogens (tertiary/aromatic N) is 2. The maximum absolute atomic E-state index is 13.9. The quantitative estimate of drug-likeness (QED) is 0.812. The Balaban J connectivity index is 2.11. The van der Waals surface area contributed by atoms with Crippen molar-refractivity contribution in [3.05, 3.63) is 47.4 Å². The zero-order valence-corrected chi connectivity index (χ0v) is 12.8. The van der Waals surface area contributed by atoms with Crippen LogP contribution < -0.4 is 5.32 Å². The third-order valence-electron chi connectivity index (χ3n) is 2.77. The monoisotopic (exact) mass is 309 g/mol. The van der Waals surface area contributed by atoms with Crippen LogP contribution in [0.2, 0.25) is 0 Å². The van der Waals surface area contributed by atoms with E-state index in [9.17, 15) is 8.78 Å². The first kappa shape index (κ1) is 15.7. The number of aromatic nitrogens is 2. The lowest BCUT2D eigenvalue weighted by Crippen LogP contribution is -2.09. The maximum Gasteiger partial charge on any atom is 0.186 e. The molecule has 0 aliphatic rings. The molecule has 0 amide bonds. The van der Waals surface area contributed by atoms with E-state index in [4.69, 9.17) is 0 Å². The topological polar surface area (TPSA) is 37.8 Å². The van der Waals surface area contributed by atoms with Crippen LogP contribution in [-0.4, -0.2) is 16.5 Å². The molecule has 6 heteroatoms. The Bertz CT molecular complexity index is 620. The van der Waals surface area contributed by atoms with E-state index in [0.29, 0.717) is 23.8 Å². The summed E-state index contributed by atoms with van der Waals surface area (Å²) in [5.74, 6) is 0.538. The van der Waals surface area contributed by atoms with Crippen LogP contribution in [0.5, 0.6) is 0 Å². The number of nitrogens with one attached hydrogen (secondary N) is 1. The van der Waals surface area contributed by atoms with Gasteiger partial charge in [0.2, 0.25) is 0 Å². The van der Waals surface area contributed by atoms with Gasteiger partial charge in [-0.1, -0.05) is 13.0 Å². The molecule has 0 atom stereocenters. The first-order valence-corrected chi connectivity index (χ1v) is 7.74. The molecule has 0 aliphatic heterocycles. The molecule has 1 heterocycles. The summed E-state index contributed by atoms with van der Waals surface area (Å²) in [6.45, 7) is 4.27. The van der Waals surface area contributed by atoms with Gasteiger partial charge in [0.05, 0.1) is 11.4 Å². The summed E-state index contributed by atoms with van der Waals surface area (Å²) in [7, 11) is 0. The van der Waals surface area contributed by atoms with Crippen molar-refractivity contribution in [2.75, 3.05) is 11.9 Å². The first-order valence-electron chi connectivity index (χ1n) is 6.75. The van der Waals surface area contributed by atoms with E-state index in [-0.39, 0.29) is 11.6 Å². The lowest BCUT2D eigenvalue weighted by Gasteiger charge is -2.09. The molecule has 0 aliphatic carbocycles. The fourth-order valence-corrected chi connectivity index (χ4v) is 2.54. The molecule has 1 aromatic heterocycles. The molecule has 0 radical (unpaired) electrons. The number of aryl methyl sites for hydroxylation is 1. The standard InChI is InChI=1S/C15H17F2N3S/c1-3-7-18-15-14(17)10(2)19-13(20-15)9-21-12-6-4-5-11(16)8-12/h4-6,8H,3,7,9H2,1-2H3,(H,18,19,20). The molecular weight excluding hydrogens is 292 g/mol. The molecule has 112 valence electrons. The molecule has 1 N–H and O–H groups in total. The van der Waals surface area contributed by atoms with E-state index in [1.165, 1.54) is 23.9 Å². The second kappa shape index (κ2) is 7.36. The van der Waals surface area contributed by atoms with Crippen LogP contribution in [-0.2, 0) is 5.75 Å². The van der Waals surface area contributed by atoms with Crippen LogP contribution in [0, 0.1) is 18.6 Å².